The highest BCUT2D eigenvalue weighted by Crippen LogP contribution is 2.22. The van der Waals surface area contributed by atoms with Gasteiger partial charge < -0.3 is 10.6 Å². The Bertz CT molecular complexity index is 416. The molecule has 19 heavy (non-hydrogen) atoms. The van der Waals surface area contributed by atoms with Crippen molar-refractivity contribution in [3.05, 3.63) is 27.8 Å². The number of amides is 1. The Hall–Kier alpha value is -0.780. The molecule has 2 rings (SSSR count). The van der Waals surface area contributed by atoms with E-state index in [1.165, 1.54) is 32.1 Å². The average Bonchev–Trinajstić information content (AvgIpc) is 2.45. The Balaban J connectivity index is 1.68. The summed E-state index contributed by atoms with van der Waals surface area (Å²) in [7, 11) is 0. The molecule has 1 amide bonds. The third-order valence-corrected chi connectivity index (χ3v) is 4.57. The van der Waals surface area contributed by atoms with Crippen molar-refractivity contribution in [3.63, 3.8) is 0 Å². The van der Waals surface area contributed by atoms with Gasteiger partial charge in [-0.05, 0) is 53.5 Å². The molecule has 1 aromatic rings. The predicted octanol–water partition coefficient (Wildman–Crippen LogP) is 3.40. The zero-order chi connectivity index (χ0) is 13.5. The molecule has 0 aliphatic heterocycles. The highest BCUT2D eigenvalue weighted by atomic mass is 127. The second kappa shape index (κ2) is 7.72. The Morgan fingerprint density at radius 3 is 2.68 bits per heavy atom. The van der Waals surface area contributed by atoms with Crippen LogP contribution in [-0.4, -0.2) is 19.0 Å². The van der Waals surface area contributed by atoms with E-state index in [-0.39, 0.29) is 5.91 Å². The van der Waals surface area contributed by atoms with Gasteiger partial charge >= 0.3 is 0 Å². The first-order valence-electron chi connectivity index (χ1n) is 7.01. The summed E-state index contributed by atoms with van der Waals surface area (Å²) in [4.78, 5) is 11.8. The minimum Gasteiger partial charge on any atom is -0.375 e. The number of para-hydroxylation sites is 1. The zero-order valence-electron chi connectivity index (χ0n) is 11.1. The minimum absolute atomic E-state index is 0.0882. The van der Waals surface area contributed by atoms with Crippen LogP contribution in [0.25, 0.3) is 0 Å². The summed E-state index contributed by atoms with van der Waals surface area (Å²) >= 11 is 2.27. The molecular weight excluding hydrogens is 351 g/mol. The fourth-order valence-electron chi connectivity index (χ4n) is 2.49. The van der Waals surface area contributed by atoms with Gasteiger partial charge in [0.25, 0.3) is 0 Å². The average molecular weight is 372 g/mol. The molecule has 0 atom stereocenters. The maximum Gasteiger partial charge on any atom is 0.239 e. The number of halogens is 1. The summed E-state index contributed by atoms with van der Waals surface area (Å²) in [5, 5.41) is 6.22. The third kappa shape index (κ3) is 5.01. The Morgan fingerprint density at radius 1 is 1.21 bits per heavy atom. The van der Waals surface area contributed by atoms with E-state index in [1.807, 2.05) is 24.3 Å². The number of anilines is 1. The first kappa shape index (κ1) is 14.6. The molecular formula is C15H21IN2O. The van der Waals surface area contributed by atoms with Crippen molar-refractivity contribution >= 4 is 34.2 Å². The van der Waals surface area contributed by atoms with E-state index in [9.17, 15) is 4.79 Å². The molecule has 1 aliphatic rings. The standard InChI is InChI=1S/C15H21IN2O/c16-13-8-4-5-9-14(13)17-11-15(19)18-10-12-6-2-1-3-7-12/h4-5,8-9,12,17H,1-3,6-7,10-11H2,(H,18,19). The van der Waals surface area contributed by atoms with E-state index in [0.29, 0.717) is 12.5 Å². The lowest BCUT2D eigenvalue weighted by Crippen LogP contribution is -2.34. The van der Waals surface area contributed by atoms with Gasteiger partial charge in [-0.1, -0.05) is 31.4 Å². The summed E-state index contributed by atoms with van der Waals surface area (Å²) in [6.45, 7) is 1.19. The maximum absolute atomic E-state index is 11.8. The molecule has 1 aromatic carbocycles. The van der Waals surface area contributed by atoms with Gasteiger partial charge in [0.1, 0.15) is 0 Å². The van der Waals surface area contributed by atoms with Gasteiger partial charge in [-0.2, -0.15) is 0 Å². The molecule has 1 aliphatic carbocycles. The van der Waals surface area contributed by atoms with Gasteiger partial charge in [0.05, 0.1) is 6.54 Å². The van der Waals surface area contributed by atoms with E-state index in [0.717, 1.165) is 15.8 Å². The molecule has 0 bridgehead atoms. The summed E-state index contributed by atoms with van der Waals surface area (Å²) in [5.41, 5.74) is 1.02. The SMILES string of the molecule is O=C(CNc1ccccc1I)NCC1CCCCC1. The van der Waals surface area contributed by atoms with Crippen LogP contribution in [0.3, 0.4) is 0 Å². The monoisotopic (exact) mass is 372 g/mol. The molecule has 0 heterocycles. The number of carbonyl (C=O) groups is 1. The maximum atomic E-state index is 11.8. The van der Waals surface area contributed by atoms with E-state index >= 15 is 0 Å². The number of hydrogen-bond acceptors (Lipinski definition) is 2. The van der Waals surface area contributed by atoms with Crippen molar-refractivity contribution in [2.75, 3.05) is 18.4 Å². The predicted molar refractivity (Wildman–Crippen MR) is 87.2 cm³/mol. The summed E-state index contributed by atoms with van der Waals surface area (Å²) in [6, 6.07) is 8.00. The molecule has 4 heteroatoms. The van der Waals surface area contributed by atoms with E-state index < -0.39 is 0 Å². The number of benzene rings is 1. The van der Waals surface area contributed by atoms with Crippen LogP contribution in [0.15, 0.2) is 24.3 Å². The molecule has 0 spiro atoms. The topological polar surface area (TPSA) is 41.1 Å². The van der Waals surface area contributed by atoms with Crippen LogP contribution in [0.2, 0.25) is 0 Å². The Morgan fingerprint density at radius 2 is 1.95 bits per heavy atom. The molecule has 0 radical (unpaired) electrons. The quantitative estimate of drug-likeness (QED) is 0.778. The Kier molecular flexibility index (Phi) is 5.94. The first-order valence-corrected chi connectivity index (χ1v) is 8.08. The van der Waals surface area contributed by atoms with Gasteiger partial charge in [-0.25, -0.2) is 0 Å². The number of carbonyl (C=O) groups excluding carboxylic acids is 1. The number of nitrogens with one attached hydrogen (secondary N) is 2. The lowest BCUT2D eigenvalue weighted by molar-refractivity contribution is -0.119. The summed E-state index contributed by atoms with van der Waals surface area (Å²) in [6.07, 6.45) is 6.54. The van der Waals surface area contributed by atoms with Gasteiger partial charge in [-0.15, -0.1) is 0 Å². The van der Waals surface area contributed by atoms with Crippen LogP contribution < -0.4 is 10.6 Å². The summed E-state index contributed by atoms with van der Waals surface area (Å²) in [5.74, 6) is 0.778. The van der Waals surface area contributed by atoms with Gasteiger partial charge in [-0.3, -0.25) is 4.79 Å². The fourth-order valence-corrected chi connectivity index (χ4v) is 3.07. The molecule has 104 valence electrons. The van der Waals surface area contributed by atoms with Crippen molar-refractivity contribution in [2.45, 2.75) is 32.1 Å². The number of hydrogen-bond donors (Lipinski definition) is 2. The smallest absolute Gasteiger partial charge is 0.239 e. The van der Waals surface area contributed by atoms with Crippen LogP contribution >= 0.6 is 22.6 Å². The summed E-state index contributed by atoms with van der Waals surface area (Å²) < 4.78 is 1.14. The van der Waals surface area contributed by atoms with E-state index in [4.69, 9.17) is 0 Å². The zero-order valence-corrected chi connectivity index (χ0v) is 13.3. The molecule has 2 N–H and O–H groups in total. The number of rotatable bonds is 5. The highest BCUT2D eigenvalue weighted by Gasteiger charge is 2.14. The van der Waals surface area contributed by atoms with Gasteiger partial charge in [0.15, 0.2) is 0 Å². The second-order valence-electron chi connectivity index (χ2n) is 5.14. The van der Waals surface area contributed by atoms with Gasteiger partial charge in [0.2, 0.25) is 5.91 Å². The molecule has 0 unspecified atom stereocenters. The van der Waals surface area contributed by atoms with Gasteiger partial charge in [0, 0.05) is 15.8 Å². The lowest BCUT2D eigenvalue weighted by atomic mass is 9.89. The van der Waals surface area contributed by atoms with E-state index in [1.54, 1.807) is 0 Å². The molecule has 1 saturated carbocycles. The Labute approximate surface area is 128 Å². The molecule has 1 fully saturated rings. The van der Waals surface area contributed by atoms with Crippen LogP contribution in [-0.2, 0) is 4.79 Å². The largest absolute Gasteiger partial charge is 0.375 e. The van der Waals surface area contributed by atoms with Crippen molar-refractivity contribution in [3.8, 4) is 0 Å². The van der Waals surface area contributed by atoms with Crippen LogP contribution in [0, 0.1) is 9.49 Å². The van der Waals surface area contributed by atoms with Crippen molar-refractivity contribution in [1.82, 2.24) is 5.32 Å². The molecule has 0 saturated heterocycles. The van der Waals surface area contributed by atoms with Crippen molar-refractivity contribution in [2.24, 2.45) is 5.92 Å². The van der Waals surface area contributed by atoms with Crippen LogP contribution in [0.4, 0.5) is 5.69 Å². The fraction of sp³-hybridized carbons (Fsp3) is 0.533. The van der Waals surface area contributed by atoms with Crippen molar-refractivity contribution < 1.29 is 4.79 Å². The molecule has 0 aromatic heterocycles. The lowest BCUT2D eigenvalue weighted by Gasteiger charge is -2.21. The van der Waals surface area contributed by atoms with Crippen LogP contribution in [0.5, 0.6) is 0 Å². The highest BCUT2D eigenvalue weighted by molar-refractivity contribution is 14.1. The van der Waals surface area contributed by atoms with Crippen molar-refractivity contribution in [1.29, 1.82) is 0 Å². The first-order chi connectivity index (χ1) is 9.25. The van der Waals surface area contributed by atoms with E-state index in [2.05, 4.69) is 33.2 Å². The molecule has 3 nitrogen and oxygen atoms in total. The van der Waals surface area contributed by atoms with Crippen LogP contribution in [0.1, 0.15) is 32.1 Å². The minimum atomic E-state index is 0.0882. The normalized spacial score (nSPS) is 16.1. The second-order valence-corrected chi connectivity index (χ2v) is 6.30. The third-order valence-electron chi connectivity index (χ3n) is 3.63.